The molecule has 3 atom stereocenters. The van der Waals surface area contributed by atoms with Crippen LogP contribution in [0.15, 0.2) is 22.1 Å². The maximum absolute atomic E-state index is 12.1. The van der Waals surface area contributed by atoms with Crippen molar-refractivity contribution in [3.05, 3.63) is 34.8 Å². The lowest BCUT2D eigenvalue weighted by atomic mass is 9.74. The second kappa shape index (κ2) is 3.60. The van der Waals surface area contributed by atoms with Crippen LogP contribution in [0.1, 0.15) is 50.2 Å². The lowest BCUT2D eigenvalue weighted by Crippen LogP contribution is -2.34. The summed E-state index contributed by atoms with van der Waals surface area (Å²) in [6.45, 7) is 10.00. The Labute approximate surface area is 113 Å². The Morgan fingerprint density at radius 2 is 2.00 bits per heavy atom. The zero-order chi connectivity index (χ0) is 14.0. The highest BCUT2D eigenvalue weighted by Crippen LogP contribution is 2.54. The van der Waals surface area contributed by atoms with Crippen molar-refractivity contribution in [1.82, 2.24) is 0 Å². The van der Waals surface area contributed by atoms with E-state index in [2.05, 4.69) is 13.8 Å². The minimum absolute atomic E-state index is 0.0470. The molecule has 2 bridgehead atoms. The molecule has 1 aromatic heterocycles. The first-order valence-corrected chi connectivity index (χ1v) is 6.79. The molecule has 3 heteroatoms. The predicted octanol–water partition coefficient (Wildman–Crippen LogP) is 3.45. The summed E-state index contributed by atoms with van der Waals surface area (Å²) < 4.78 is 12.0. The van der Waals surface area contributed by atoms with Gasteiger partial charge >= 0.3 is 0 Å². The van der Waals surface area contributed by atoms with Crippen LogP contribution in [0.5, 0.6) is 0 Å². The van der Waals surface area contributed by atoms with E-state index in [0.717, 1.165) is 22.7 Å². The molecule has 19 heavy (non-hydrogen) atoms. The molecular formula is C16H20O3. The van der Waals surface area contributed by atoms with Crippen LogP contribution in [-0.4, -0.2) is 17.0 Å². The molecule has 1 fully saturated rings. The number of carbonyl (C=O) groups is 1. The number of rotatable bonds is 2. The Morgan fingerprint density at radius 3 is 2.47 bits per heavy atom. The van der Waals surface area contributed by atoms with Crippen molar-refractivity contribution in [3.63, 3.8) is 0 Å². The van der Waals surface area contributed by atoms with Gasteiger partial charge in [-0.15, -0.1) is 0 Å². The zero-order valence-corrected chi connectivity index (χ0v) is 12.2. The molecule has 0 radical (unpaired) electrons. The van der Waals surface area contributed by atoms with Crippen molar-refractivity contribution in [3.8, 4) is 0 Å². The van der Waals surface area contributed by atoms with Gasteiger partial charge in [0, 0.05) is 12.3 Å². The maximum Gasteiger partial charge on any atom is 0.171 e. The maximum atomic E-state index is 12.1. The Bertz CT molecular complexity index is 595. The van der Waals surface area contributed by atoms with E-state index < -0.39 is 11.2 Å². The Kier molecular flexibility index (Phi) is 2.40. The highest BCUT2D eigenvalue weighted by molar-refractivity contribution is 5.94. The minimum Gasteiger partial charge on any atom is -0.466 e. The molecule has 2 aliphatic heterocycles. The summed E-state index contributed by atoms with van der Waals surface area (Å²) in [7, 11) is 0. The molecule has 3 nitrogen and oxygen atoms in total. The first-order valence-electron chi connectivity index (χ1n) is 6.79. The average Bonchev–Trinajstić information content (AvgIpc) is 2.86. The quantitative estimate of drug-likeness (QED) is 0.765. The van der Waals surface area contributed by atoms with Gasteiger partial charge in [0.2, 0.25) is 0 Å². The number of hydrogen-bond donors (Lipinski definition) is 0. The van der Waals surface area contributed by atoms with Gasteiger partial charge in [-0.1, -0.05) is 6.92 Å². The van der Waals surface area contributed by atoms with Gasteiger partial charge < -0.3 is 9.15 Å². The van der Waals surface area contributed by atoms with Crippen molar-refractivity contribution in [2.45, 2.75) is 58.2 Å². The molecule has 0 aliphatic carbocycles. The summed E-state index contributed by atoms with van der Waals surface area (Å²) >= 11 is 0. The largest absolute Gasteiger partial charge is 0.466 e. The van der Waals surface area contributed by atoms with Gasteiger partial charge in [0.25, 0.3) is 0 Å². The van der Waals surface area contributed by atoms with Gasteiger partial charge in [0.15, 0.2) is 5.78 Å². The van der Waals surface area contributed by atoms with Crippen molar-refractivity contribution in [2.75, 3.05) is 0 Å². The van der Waals surface area contributed by atoms with E-state index in [1.54, 1.807) is 0 Å². The number of ether oxygens (including phenoxy) is 1. The molecule has 2 aliphatic rings. The Morgan fingerprint density at radius 1 is 1.32 bits per heavy atom. The van der Waals surface area contributed by atoms with Crippen LogP contribution < -0.4 is 0 Å². The molecule has 0 amide bonds. The molecule has 3 heterocycles. The molecule has 0 N–H and O–H groups in total. The topological polar surface area (TPSA) is 39.4 Å². The third kappa shape index (κ3) is 1.51. The first kappa shape index (κ1) is 12.7. The normalized spacial score (nSPS) is 34.8. The van der Waals surface area contributed by atoms with E-state index in [-0.39, 0.29) is 11.7 Å². The smallest absolute Gasteiger partial charge is 0.171 e. The number of ketones is 1. The predicted molar refractivity (Wildman–Crippen MR) is 72.2 cm³/mol. The van der Waals surface area contributed by atoms with Crippen molar-refractivity contribution in [1.29, 1.82) is 0 Å². The molecule has 1 aromatic rings. The van der Waals surface area contributed by atoms with Crippen LogP contribution >= 0.6 is 0 Å². The molecule has 3 rings (SSSR count). The number of carbonyl (C=O) groups excluding carboxylic acids is 1. The fraction of sp³-hybridized carbons (Fsp3) is 0.562. The highest BCUT2D eigenvalue weighted by Gasteiger charge is 2.61. The minimum atomic E-state index is -0.728. The van der Waals surface area contributed by atoms with Crippen molar-refractivity contribution >= 4 is 5.78 Å². The van der Waals surface area contributed by atoms with E-state index in [1.807, 2.05) is 32.9 Å². The summed E-state index contributed by atoms with van der Waals surface area (Å²) in [4.78, 5) is 12.1. The summed E-state index contributed by atoms with van der Waals surface area (Å²) in [6, 6.07) is 2.03. The summed E-state index contributed by atoms with van der Waals surface area (Å²) in [5.41, 5.74) is 1.04. The fourth-order valence-corrected chi connectivity index (χ4v) is 3.63. The highest BCUT2D eigenvalue weighted by atomic mass is 16.5. The molecular weight excluding hydrogens is 240 g/mol. The zero-order valence-electron chi connectivity index (χ0n) is 12.2. The number of aryl methyl sites for hydroxylation is 2. The van der Waals surface area contributed by atoms with E-state index >= 15 is 0 Å². The van der Waals surface area contributed by atoms with E-state index in [4.69, 9.17) is 9.15 Å². The second-order valence-electron chi connectivity index (χ2n) is 6.15. The molecule has 0 aromatic carbocycles. The summed E-state index contributed by atoms with van der Waals surface area (Å²) in [5.74, 6) is 2.06. The second-order valence-corrected chi connectivity index (χ2v) is 6.15. The van der Waals surface area contributed by atoms with Gasteiger partial charge in [0.05, 0.1) is 0 Å². The monoisotopic (exact) mass is 260 g/mol. The number of furan rings is 1. The SMILES string of the molecule is CC1=C[C@@]2(C)O[C@]1([C@H](C)c1oc(C)cc1C)CC2=O. The van der Waals surface area contributed by atoms with Crippen LogP contribution in [0.4, 0.5) is 0 Å². The van der Waals surface area contributed by atoms with E-state index in [0.29, 0.717) is 6.42 Å². The molecule has 102 valence electrons. The molecule has 0 spiro atoms. The molecule has 0 saturated carbocycles. The van der Waals surface area contributed by atoms with Gasteiger partial charge in [-0.3, -0.25) is 4.79 Å². The lowest BCUT2D eigenvalue weighted by molar-refractivity contribution is -0.127. The lowest BCUT2D eigenvalue weighted by Gasteiger charge is -2.32. The third-order valence-corrected chi connectivity index (χ3v) is 4.70. The first-order chi connectivity index (χ1) is 8.78. The summed E-state index contributed by atoms with van der Waals surface area (Å²) in [6.07, 6.45) is 2.42. The van der Waals surface area contributed by atoms with Crippen LogP contribution in [0.3, 0.4) is 0 Å². The summed E-state index contributed by atoms with van der Waals surface area (Å²) in [5, 5.41) is 0. The number of fused-ring (bicyclic) bond motifs is 2. The van der Waals surface area contributed by atoms with Gasteiger partial charge in [-0.25, -0.2) is 0 Å². The average molecular weight is 260 g/mol. The molecule has 0 unspecified atom stereocenters. The third-order valence-electron chi connectivity index (χ3n) is 4.70. The van der Waals surface area contributed by atoms with Crippen molar-refractivity contribution in [2.24, 2.45) is 0 Å². The van der Waals surface area contributed by atoms with Crippen LogP contribution in [0, 0.1) is 13.8 Å². The fourth-order valence-electron chi connectivity index (χ4n) is 3.63. The standard InChI is InChI=1S/C16H20O3/c1-9-6-11(3)18-14(9)12(4)16-8-13(17)15(5,19-16)7-10(16)2/h6-7,12H,8H2,1-5H3/t12-,15-,16-/m1/s1. The van der Waals surface area contributed by atoms with Crippen LogP contribution in [0.2, 0.25) is 0 Å². The van der Waals surface area contributed by atoms with Crippen LogP contribution in [0.25, 0.3) is 0 Å². The van der Waals surface area contributed by atoms with Gasteiger partial charge in [-0.2, -0.15) is 0 Å². The Balaban J connectivity index is 2.06. The van der Waals surface area contributed by atoms with E-state index in [9.17, 15) is 4.79 Å². The van der Waals surface area contributed by atoms with Crippen LogP contribution in [-0.2, 0) is 9.53 Å². The van der Waals surface area contributed by atoms with Gasteiger partial charge in [-0.05, 0) is 51.0 Å². The molecule has 1 saturated heterocycles. The Hall–Kier alpha value is -1.35. The number of Topliss-reactive ketones (excluding diaryl/α,β-unsaturated/α-hetero) is 1. The van der Waals surface area contributed by atoms with E-state index in [1.165, 1.54) is 0 Å². The van der Waals surface area contributed by atoms with Crippen molar-refractivity contribution < 1.29 is 13.9 Å². The van der Waals surface area contributed by atoms with Gasteiger partial charge in [0.1, 0.15) is 22.7 Å². The number of hydrogen-bond acceptors (Lipinski definition) is 3.